The van der Waals surface area contributed by atoms with Crippen molar-refractivity contribution in [2.24, 2.45) is 0 Å². The fourth-order valence-corrected chi connectivity index (χ4v) is 2.24. The number of methoxy groups -OCH3 is 1. The maximum Gasteiger partial charge on any atom is 0.251 e. The number of hydrogen-bond acceptors (Lipinski definition) is 4. The van der Waals surface area contributed by atoms with Crippen molar-refractivity contribution in [3.05, 3.63) is 78.2 Å². The predicted molar refractivity (Wildman–Crippen MR) is 91.6 cm³/mol. The van der Waals surface area contributed by atoms with Crippen molar-refractivity contribution in [2.75, 3.05) is 7.11 Å². The summed E-state index contributed by atoms with van der Waals surface area (Å²) >= 11 is 0. The summed E-state index contributed by atoms with van der Waals surface area (Å²) in [6, 6.07) is 14.7. The van der Waals surface area contributed by atoms with E-state index in [1.165, 1.54) is 0 Å². The lowest BCUT2D eigenvalue weighted by Gasteiger charge is -2.07. The van der Waals surface area contributed by atoms with Gasteiger partial charge in [-0.25, -0.2) is 0 Å². The Morgan fingerprint density at radius 1 is 1.08 bits per heavy atom. The van der Waals surface area contributed by atoms with Gasteiger partial charge in [-0.1, -0.05) is 6.07 Å². The van der Waals surface area contributed by atoms with Gasteiger partial charge in [-0.05, 0) is 48.0 Å². The molecule has 0 atom stereocenters. The number of carbonyl (C=O) groups excluding carboxylic acids is 1. The van der Waals surface area contributed by atoms with E-state index in [2.05, 4.69) is 15.3 Å². The van der Waals surface area contributed by atoms with Crippen LogP contribution in [0.25, 0.3) is 11.3 Å². The molecule has 3 rings (SSSR count). The topological polar surface area (TPSA) is 64.1 Å². The third-order valence-corrected chi connectivity index (χ3v) is 3.59. The molecular weight excluding hydrogens is 302 g/mol. The van der Waals surface area contributed by atoms with Gasteiger partial charge in [0.05, 0.1) is 12.8 Å². The van der Waals surface area contributed by atoms with Gasteiger partial charge in [0.2, 0.25) is 0 Å². The summed E-state index contributed by atoms with van der Waals surface area (Å²) in [6.07, 6.45) is 5.26. The average molecular weight is 319 g/mol. The molecule has 1 aromatic carbocycles. The van der Waals surface area contributed by atoms with Crippen molar-refractivity contribution >= 4 is 5.91 Å². The zero-order valence-electron chi connectivity index (χ0n) is 13.3. The van der Waals surface area contributed by atoms with Gasteiger partial charge in [0.15, 0.2) is 0 Å². The van der Waals surface area contributed by atoms with Crippen LogP contribution in [0.2, 0.25) is 0 Å². The van der Waals surface area contributed by atoms with Gasteiger partial charge in [-0.15, -0.1) is 0 Å². The predicted octanol–water partition coefficient (Wildman–Crippen LogP) is 3.08. The molecule has 0 fully saturated rings. The normalized spacial score (nSPS) is 10.2. The Morgan fingerprint density at radius 2 is 1.92 bits per heavy atom. The molecule has 0 aliphatic heterocycles. The van der Waals surface area contributed by atoms with Crippen LogP contribution in [0.1, 0.15) is 15.9 Å². The van der Waals surface area contributed by atoms with Crippen molar-refractivity contribution in [3.63, 3.8) is 0 Å². The van der Waals surface area contributed by atoms with Crippen LogP contribution in [0.3, 0.4) is 0 Å². The van der Waals surface area contributed by atoms with Gasteiger partial charge in [0.1, 0.15) is 5.75 Å². The van der Waals surface area contributed by atoms with Gasteiger partial charge in [0, 0.05) is 36.3 Å². The first-order valence-electron chi connectivity index (χ1n) is 7.54. The van der Waals surface area contributed by atoms with Crippen LogP contribution in [0.5, 0.6) is 5.75 Å². The summed E-state index contributed by atoms with van der Waals surface area (Å²) in [7, 11) is 1.59. The van der Waals surface area contributed by atoms with Crippen LogP contribution >= 0.6 is 0 Å². The molecule has 0 bridgehead atoms. The number of amides is 1. The Balaban J connectivity index is 1.61. The second-order valence-corrected chi connectivity index (χ2v) is 5.20. The van der Waals surface area contributed by atoms with Crippen LogP contribution in [-0.2, 0) is 6.54 Å². The summed E-state index contributed by atoms with van der Waals surface area (Å²) in [6.45, 7) is 0.422. The Labute approximate surface area is 140 Å². The van der Waals surface area contributed by atoms with Crippen LogP contribution in [0, 0.1) is 0 Å². The van der Waals surface area contributed by atoms with Gasteiger partial charge < -0.3 is 10.1 Å². The first kappa shape index (κ1) is 15.7. The van der Waals surface area contributed by atoms with E-state index in [0.29, 0.717) is 12.1 Å². The van der Waals surface area contributed by atoms with E-state index in [-0.39, 0.29) is 5.91 Å². The van der Waals surface area contributed by atoms with Crippen molar-refractivity contribution in [2.45, 2.75) is 6.54 Å². The molecule has 0 saturated heterocycles. The van der Waals surface area contributed by atoms with Gasteiger partial charge in [-0.3, -0.25) is 14.8 Å². The summed E-state index contributed by atoms with van der Waals surface area (Å²) in [5.74, 6) is 0.593. The highest BCUT2D eigenvalue weighted by Gasteiger charge is 2.06. The molecule has 5 nitrogen and oxygen atoms in total. The Hall–Kier alpha value is -3.21. The number of ether oxygens (including phenoxy) is 1. The smallest absolute Gasteiger partial charge is 0.251 e. The van der Waals surface area contributed by atoms with Crippen LogP contribution < -0.4 is 10.1 Å². The highest BCUT2D eigenvalue weighted by atomic mass is 16.5. The number of nitrogens with one attached hydrogen (secondary N) is 1. The number of nitrogens with zero attached hydrogens (tertiary/aromatic N) is 2. The number of benzene rings is 1. The molecule has 0 unspecified atom stereocenters. The van der Waals surface area contributed by atoms with Crippen LogP contribution in [0.15, 0.2) is 67.1 Å². The molecule has 1 N–H and O–H groups in total. The summed E-state index contributed by atoms with van der Waals surface area (Å²) in [4.78, 5) is 20.6. The minimum Gasteiger partial charge on any atom is -0.497 e. The van der Waals surface area contributed by atoms with Gasteiger partial charge >= 0.3 is 0 Å². The average Bonchev–Trinajstić information content (AvgIpc) is 2.67. The molecule has 2 heterocycles. The fraction of sp³-hybridized carbons (Fsp3) is 0.105. The molecule has 2 aromatic heterocycles. The molecule has 0 aliphatic carbocycles. The maximum atomic E-state index is 12.1. The zero-order chi connectivity index (χ0) is 16.8. The van der Waals surface area contributed by atoms with E-state index >= 15 is 0 Å². The van der Waals surface area contributed by atoms with Crippen LogP contribution in [-0.4, -0.2) is 23.0 Å². The van der Waals surface area contributed by atoms with Crippen LogP contribution in [0.4, 0.5) is 0 Å². The van der Waals surface area contributed by atoms with Gasteiger partial charge in [0.25, 0.3) is 5.91 Å². The van der Waals surface area contributed by atoms with Gasteiger partial charge in [-0.2, -0.15) is 0 Å². The summed E-state index contributed by atoms with van der Waals surface area (Å²) in [5.41, 5.74) is 3.35. The Kier molecular flexibility index (Phi) is 4.81. The lowest BCUT2D eigenvalue weighted by molar-refractivity contribution is 0.0951. The third-order valence-electron chi connectivity index (χ3n) is 3.59. The molecule has 1 amide bonds. The SMILES string of the molecule is COc1ccc(C(=O)NCc2ccc(-c3cccnc3)nc2)cc1. The van der Waals surface area contributed by atoms with Crippen molar-refractivity contribution in [1.29, 1.82) is 0 Å². The molecule has 0 spiro atoms. The zero-order valence-corrected chi connectivity index (χ0v) is 13.3. The Morgan fingerprint density at radius 3 is 2.54 bits per heavy atom. The molecule has 3 aromatic rings. The number of aromatic nitrogens is 2. The third kappa shape index (κ3) is 3.76. The number of carbonyl (C=O) groups is 1. The minimum absolute atomic E-state index is 0.131. The molecule has 24 heavy (non-hydrogen) atoms. The second-order valence-electron chi connectivity index (χ2n) is 5.20. The lowest BCUT2D eigenvalue weighted by atomic mass is 10.1. The molecule has 0 aliphatic rings. The number of pyridine rings is 2. The minimum atomic E-state index is -0.131. The van der Waals surface area contributed by atoms with E-state index in [9.17, 15) is 4.79 Å². The van der Waals surface area contributed by atoms with E-state index in [0.717, 1.165) is 22.6 Å². The number of hydrogen-bond donors (Lipinski definition) is 1. The van der Waals surface area contributed by atoms with E-state index in [4.69, 9.17) is 4.74 Å². The second kappa shape index (κ2) is 7.37. The first-order valence-corrected chi connectivity index (χ1v) is 7.54. The summed E-state index contributed by atoms with van der Waals surface area (Å²) in [5, 5.41) is 2.88. The first-order chi connectivity index (χ1) is 11.8. The summed E-state index contributed by atoms with van der Waals surface area (Å²) < 4.78 is 5.08. The highest BCUT2D eigenvalue weighted by molar-refractivity contribution is 5.94. The highest BCUT2D eigenvalue weighted by Crippen LogP contribution is 2.15. The largest absolute Gasteiger partial charge is 0.497 e. The van der Waals surface area contributed by atoms with E-state index < -0.39 is 0 Å². The van der Waals surface area contributed by atoms with E-state index in [1.807, 2.05) is 24.3 Å². The standard InChI is InChI=1S/C19H17N3O2/c1-24-17-7-5-15(6-8-17)19(23)22-12-14-4-9-18(21-11-14)16-3-2-10-20-13-16/h2-11,13H,12H2,1H3,(H,22,23). The quantitative estimate of drug-likeness (QED) is 0.785. The Bertz CT molecular complexity index is 800. The molecule has 0 radical (unpaired) electrons. The lowest BCUT2D eigenvalue weighted by Crippen LogP contribution is -2.22. The molecule has 5 heteroatoms. The monoisotopic (exact) mass is 319 g/mol. The molecular formula is C19H17N3O2. The van der Waals surface area contributed by atoms with Crippen molar-refractivity contribution < 1.29 is 9.53 Å². The van der Waals surface area contributed by atoms with Crippen molar-refractivity contribution in [3.8, 4) is 17.0 Å². The maximum absolute atomic E-state index is 12.1. The number of rotatable bonds is 5. The molecule has 120 valence electrons. The van der Waals surface area contributed by atoms with E-state index in [1.54, 1.807) is 50.0 Å². The molecule has 0 saturated carbocycles. The van der Waals surface area contributed by atoms with Crippen molar-refractivity contribution in [1.82, 2.24) is 15.3 Å². The fourth-order valence-electron chi connectivity index (χ4n) is 2.24.